The van der Waals surface area contributed by atoms with Crippen LogP contribution in [-0.4, -0.2) is 17.8 Å². The zero-order valence-electron chi connectivity index (χ0n) is 16.7. The minimum Gasteiger partial charge on any atom is -0.360 e. The normalized spacial score (nSPS) is 16.0. The molecule has 0 unspecified atom stereocenters. The van der Waals surface area contributed by atoms with Crippen LogP contribution < -0.4 is 10.3 Å². The summed E-state index contributed by atoms with van der Waals surface area (Å²) in [6, 6.07) is 15.0. The molecule has 1 N–H and O–H groups in total. The second-order valence-electron chi connectivity index (χ2n) is 7.91. The maximum absolute atomic E-state index is 4.42. The van der Waals surface area contributed by atoms with Crippen molar-refractivity contribution in [2.24, 2.45) is 5.10 Å². The molecule has 0 aliphatic carbocycles. The van der Waals surface area contributed by atoms with E-state index in [0.717, 1.165) is 11.3 Å². The molecule has 0 saturated carbocycles. The lowest BCUT2D eigenvalue weighted by atomic mass is 9.86. The van der Waals surface area contributed by atoms with Gasteiger partial charge in [-0.05, 0) is 82.5 Å². The van der Waals surface area contributed by atoms with Gasteiger partial charge in [-0.3, -0.25) is 5.43 Å². The number of aryl methyl sites for hydroxylation is 1. The van der Waals surface area contributed by atoms with E-state index in [0.29, 0.717) is 6.04 Å². The topological polar surface area (TPSA) is 27.6 Å². The number of rotatable bonds is 4. The van der Waals surface area contributed by atoms with Gasteiger partial charge < -0.3 is 4.90 Å². The number of hydrazone groups is 1. The molecule has 0 bridgehead atoms. The fraction of sp³-hybridized carbons (Fsp3) is 0.348. The van der Waals surface area contributed by atoms with Crippen molar-refractivity contribution in [3.05, 3.63) is 65.2 Å². The molecule has 26 heavy (non-hydrogen) atoms. The third-order valence-corrected chi connectivity index (χ3v) is 4.95. The highest BCUT2D eigenvalue weighted by Gasteiger charge is 2.33. The standard InChI is InChI=1S/C23H29N3/c1-16(2)26-22-12-17(3)19(13-21(22)18(4)14-23(26,5)6)15-24-25-20-10-8-7-9-11-20/h7-16,25H,1-6H3/b24-15+. The first kappa shape index (κ1) is 18.2. The van der Waals surface area contributed by atoms with Gasteiger partial charge in [0.25, 0.3) is 0 Å². The monoisotopic (exact) mass is 347 g/mol. The van der Waals surface area contributed by atoms with E-state index in [1.54, 1.807) is 0 Å². The smallest absolute Gasteiger partial charge is 0.0561 e. The van der Waals surface area contributed by atoms with Crippen LogP contribution in [0.25, 0.3) is 5.57 Å². The van der Waals surface area contributed by atoms with Crippen LogP contribution in [0.4, 0.5) is 11.4 Å². The Hall–Kier alpha value is -2.55. The molecule has 3 heteroatoms. The van der Waals surface area contributed by atoms with E-state index < -0.39 is 0 Å². The number of anilines is 2. The van der Waals surface area contributed by atoms with Crippen LogP contribution in [0.5, 0.6) is 0 Å². The Labute approximate surface area is 157 Å². The number of hydrogen-bond acceptors (Lipinski definition) is 3. The van der Waals surface area contributed by atoms with E-state index >= 15 is 0 Å². The van der Waals surface area contributed by atoms with Crippen LogP contribution in [0.3, 0.4) is 0 Å². The molecule has 0 fully saturated rings. The molecule has 0 spiro atoms. The van der Waals surface area contributed by atoms with Crippen molar-refractivity contribution in [2.45, 2.75) is 53.1 Å². The lowest BCUT2D eigenvalue weighted by Gasteiger charge is -2.46. The fourth-order valence-electron chi connectivity index (χ4n) is 3.98. The summed E-state index contributed by atoms with van der Waals surface area (Å²) in [5.41, 5.74) is 10.4. The van der Waals surface area contributed by atoms with Crippen LogP contribution in [0.2, 0.25) is 0 Å². The highest BCUT2D eigenvalue weighted by molar-refractivity contribution is 5.89. The van der Waals surface area contributed by atoms with Gasteiger partial charge in [-0.15, -0.1) is 0 Å². The van der Waals surface area contributed by atoms with Gasteiger partial charge in [-0.25, -0.2) is 0 Å². The molecular formula is C23H29N3. The number of benzene rings is 2. The Balaban J connectivity index is 1.95. The first-order chi connectivity index (χ1) is 12.3. The van der Waals surface area contributed by atoms with Crippen LogP contribution in [0, 0.1) is 6.92 Å². The predicted octanol–water partition coefficient (Wildman–Crippen LogP) is 5.85. The second-order valence-corrected chi connectivity index (χ2v) is 7.91. The van der Waals surface area contributed by atoms with Crippen molar-refractivity contribution in [1.29, 1.82) is 0 Å². The van der Waals surface area contributed by atoms with Gasteiger partial charge in [0.15, 0.2) is 0 Å². The number of nitrogens with zero attached hydrogens (tertiary/aromatic N) is 2. The van der Waals surface area contributed by atoms with E-state index in [-0.39, 0.29) is 5.54 Å². The number of hydrogen-bond donors (Lipinski definition) is 1. The molecule has 3 nitrogen and oxygen atoms in total. The summed E-state index contributed by atoms with van der Waals surface area (Å²) in [5, 5.41) is 4.42. The molecule has 2 aromatic carbocycles. The summed E-state index contributed by atoms with van der Waals surface area (Å²) in [6.45, 7) is 13.4. The van der Waals surface area contributed by atoms with Crippen LogP contribution >= 0.6 is 0 Å². The number of nitrogens with one attached hydrogen (secondary N) is 1. The summed E-state index contributed by atoms with van der Waals surface area (Å²) in [6.07, 6.45) is 4.28. The molecule has 3 rings (SSSR count). The SMILES string of the molecule is CC1=CC(C)(C)N(C(C)C)c2cc(C)c(/C=N/Nc3ccccc3)cc21. The number of para-hydroxylation sites is 1. The molecule has 1 heterocycles. The average Bonchev–Trinajstić information content (AvgIpc) is 2.55. The largest absolute Gasteiger partial charge is 0.360 e. The highest BCUT2D eigenvalue weighted by Crippen LogP contribution is 2.41. The molecule has 0 radical (unpaired) electrons. The van der Waals surface area contributed by atoms with Crippen molar-refractivity contribution < 1.29 is 0 Å². The number of allylic oxidation sites excluding steroid dienone is 1. The predicted molar refractivity (Wildman–Crippen MR) is 114 cm³/mol. The van der Waals surface area contributed by atoms with Gasteiger partial charge in [0.1, 0.15) is 0 Å². The van der Waals surface area contributed by atoms with Crippen molar-refractivity contribution in [1.82, 2.24) is 0 Å². The van der Waals surface area contributed by atoms with E-state index in [4.69, 9.17) is 0 Å². The summed E-state index contributed by atoms with van der Waals surface area (Å²) in [7, 11) is 0. The van der Waals surface area contributed by atoms with Gasteiger partial charge in [0.05, 0.1) is 17.4 Å². The lowest BCUT2D eigenvalue weighted by molar-refractivity contribution is 0.507. The number of fused-ring (bicyclic) bond motifs is 1. The van der Waals surface area contributed by atoms with Crippen molar-refractivity contribution >= 4 is 23.2 Å². The molecule has 1 aliphatic rings. The van der Waals surface area contributed by atoms with Crippen molar-refractivity contribution in [3.63, 3.8) is 0 Å². The third-order valence-electron chi connectivity index (χ3n) is 4.95. The molecule has 0 amide bonds. The van der Waals surface area contributed by atoms with Crippen molar-refractivity contribution in [2.75, 3.05) is 10.3 Å². The molecule has 1 aliphatic heterocycles. The minimum atomic E-state index is 0.0160. The van der Waals surface area contributed by atoms with Gasteiger partial charge in [-0.1, -0.05) is 24.3 Å². The van der Waals surface area contributed by atoms with E-state index in [9.17, 15) is 0 Å². The Kier molecular flexibility index (Phi) is 4.90. The highest BCUT2D eigenvalue weighted by atomic mass is 15.3. The van der Waals surface area contributed by atoms with Gasteiger partial charge in [0, 0.05) is 17.3 Å². The Bertz CT molecular complexity index is 845. The first-order valence-corrected chi connectivity index (χ1v) is 9.27. The van der Waals surface area contributed by atoms with E-state index in [2.05, 4.69) is 75.2 Å². The van der Waals surface area contributed by atoms with Crippen LogP contribution in [0.15, 0.2) is 53.6 Å². The zero-order chi connectivity index (χ0) is 18.9. The molecule has 136 valence electrons. The second kappa shape index (κ2) is 6.99. The maximum Gasteiger partial charge on any atom is 0.0561 e. The Morgan fingerprint density at radius 3 is 2.42 bits per heavy atom. The Morgan fingerprint density at radius 1 is 1.08 bits per heavy atom. The quantitative estimate of drug-likeness (QED) is 0.555. The zero-order valence-corrected chi connectivity index (χ0v) is 16.7. The third kappa shape index (κ3) is 3.52. The van der Waals surface area contributed by atoms with Crippen molar-refractivity contribution in [3.8, 4) is 0 Å². The van der Waals surface area contributed by atoms with E-state index in [1.807, 2.05) is 36.5 Å². The van der Waals surface area contributed by atoms with E-state index in [1.165, 1.54) is 22.4 Å². The molecule has 0 saturated heterocycles. The lowest BCUT2D eigenvalue weighted by Crippen LogP contribution is -2.49. The fourth-order valence-corrected chi connectivity index (χ4v) is 3.98. The molecule has 0 atom stereocenters. The first-order valence-electron chi connectivity index (χ1n) is 9.27. The van der Waals surface area contributed by atoms with Crippen LogP contribution in [-0.2, 0) is 0 Å². The summed E-state index contributed by atoms with van der Waals surface area (Å²) >= 11 is 0. The Morgan fingerprint density at radius 2 is 1.77 bits per heavy atom. The molecule has 0 aromatic heterocycles. The minimum absolute atomic E-state index is 0.0160. The maximum atomic E-state index is 4.42. The van der Waals surface area contributed by atoms with Gasteiger partial charge in [0.2, 0.25) is 0 Å². The summed E-state index contributed by atoms with van der Waals surface area (Å²) in [5.74, 6) is 0. The average molecular weight is 348 g/mol. The summed E-state index contributed by atoms with van der Waals surface area (Å²) < 4.78 is 0. The van der Waals surface area contributed by atoms with Gasteiger partial charge >= 0.3 is 0 Å². The van der Waals surface area contributed by atoms with Crippen LogP contribution in [0.1, 0.15) is 51.3 Å². The molecule has 2 aromatic rings. The van der Waals surface area contributed by atoms with Gasteiger partial charge in [-0.2, -0.15) is 5.10 Å². The summed E-state index contributed by atoms with van der Waals surface area (Å²) in [4.78, 5) is 2.51. The molecular weight excluding hydrogens is 318 g/mol.